The molecule has 16 heavy (non-hydrogen) atoms. The zero-order valence-corrected chi connectivity index (χ0v) is 9.51. The minimum Gasteiger partial charge on any atom is -0.423 e. The predicted molar refractivity (Wildman–Crippen MR) is 62.1 cm³/mol. The van der Waals surface area contributed by atoms with Gasteiger partial charge < -0.3 is 9.84 Å². The van der Waals surface area contributed by atoms with Gasteiger partial charge in [-0.3, -0.25) is 0 Å². The molecule has 0 spiro atoms. The Kier molecular flexibility index (Phi) is 4.73. The molecule has 1 atom stereocenters. The molecular weight excluding hydrogens is 204 g/mol. The average Bonchev–Trinajstić information content (AvgIpc) is 2.30. The topological polar surface area (TPSA) is 46.5 Å². The Morgan fingerprint density at radius 1 is 1.44 bits per heavy atom. The van der Waals surface area contributed by atoms with Crippen LogP contribution >= 0.6 is 0 Å². The first-order valence-corrected chi connectivity index (χ1v) is 5.27. The van der Waals surface area contributed by atoms with Gasteiger partial charge in [0, 0.05) is 5.57 Å². The number of para-hydroxylation sites is 1. The van der Waals surface area contributed by atoms with E-state index in [4.69, 9.17) is 4.74 Å². The van der Waals surface area contributed by atoms with Crippen LogP contribution in [0.15, 0.2) is 42.0 Å². The molecule has 86 valence electrons. The molecule has 0 bridgehead atoms. The molecule has 0 radical (unpaired) electrons. The summed E-state index contributed by atoms with van der Waals surface area (Å²) in [6.45, 7) is 3.47. The molecule has 0 heterocycles. The SMILES string of the molecule is CCC(O)C=C(C)C(=O)Oc1ccccc1. The normalized spacial score (nSPS) is 13.3. The predicted octanol–water partition coefficient (Wildman–Crippen LogP) is 2.31. The summed E-state index contributed by atoms with van der Waals surface area (Å²) in [6.07, 6.45) is 1.49. The summed E-state index contributed by atoms with van der Waals surface area (Å²) in [7, 11) is 0. The highest BCUT2D eigenvalue weighted by atomic mass is 16.5. The largest absolute Gasteiger partial charge is 0.423 e. The van der Waals surface area contributed by atoms with Gasteiger partial charge in [0.2, 0.25) is 0 Å². The molecule has 1 rings (SSSR count). The Labute approximate surface area is 95.4 Å². The number of benzene rings is 1. The lowest BCUT2D eigenvalue weighted by molar-refractivity contribution is -0.130. The maximum Gasteiger partial charge on any atom is 0.338 e. The number of ether oxygens (including phenoxy) is 1. The molecule has 0 saturated heterocycles. The van der Waals surface area contributed by atoms with Crippen LogP contribution < -0.4 is 4.74 Å². The number of hydrogen-bond donors (Lipinski definition) is 1. The Bertz CT molecular complexity index is 368. The fourth-order valence-corrected chi connectivity index (χ4v) is 1.15. The Balaban J connectivity index is 2.63. The molecule has 0 aliphatic heterocycles. The van der Waals surface area contributed by atoms with Crippen molar-refractivity contribution in [3.05, 3.63) is 42.0 Å². The zero-order chi connectivity index (χ0) is 12.0. The van der Waals surface area contributed by atoms with Crippen molar-refractivity contribution in [2.75, 3.05) is 0 Å². The second kappa shape index (κ2) is 6.08. The highest BCUT2D eigenvalue weighted by Gasteiger charge is 2.08. The van der Waals surface area contributed by atoms with Crippen molar-refractivity contribution >= 4 is 5.97 Å². The van der Waals surface area contributed by atoms with E-state index in [-0.39, 0.29) is 0 Å². The number of aliphatic hydroxyl groups is 1. The second-order valence-corrected chi connectivity index (χ2v) is 3.53. The van der Waals surface area contributed by atoms with Crippen LogP contribution in [0.4, 0.5) is 0 Å². The van der Waals surface area contributed by atoms with E-state index in [0.717, 1.165) is 0 Å². The maximum atomic E-state index is 11.6. The lowest BCUT2D eigenvalue weighted by Gasteiger charge is -2.06. The molecule has 1 aromatic rings. The first-order valence-electron chi connectivity index (χ1n) is 5.27. The third kappa shape index (κ3) is 3.87. The standard InChI is InChI=1S/C13H16O3/c1-3-11(14)9-10(2)13(15)16-12-7-5-4-6-8-12/h4-9,11,14H,3H2,1-2H3. The molecule has 0 fully saturated rings. The molecule has 0 aromatic heterocycles. The summed E-state index contributed by atoms with van der Waals surface area (Å²) in [5.74, 6) is 0.0740. The highest BCUT2D eigenvalue weighted by Crippen LogP contribution is 2.11. The molecule has 0 amide bonds. The molecule has 1 unspecified atom stereocenters. The zero-order valence-electron chi connectivity index (χ0n) is 9.51. The van der Waals surface area contributed by atoms with Gasteiger partial charge in [-0.1, -0.05) is 25.1 Å². The summed E-state index contributed by atoms with van der Waals surface area (Å²) in [4.78, 5) is 11.6. The number of rotatable bonds is 4. The minimum atomic E-state index is -0.594. The van der Waals surface area contributed by atoms with Crippen LogP contribution in [0.2, 0.25) is 0 Å². The van der Waals surface area contributed by atoms with E-state index >= 15 is 0 Å². The summed E-state index contributed by atoms with van der Waals surface area (Å²) in [5, 5.41) is 9.36. The van der Waals surface area contributed by atoms with Gasteiger partial charge in [-0.05, 0) is 31.6 Å². The van der Waals surface area contributed by atoms with E-state index in [9.17, 15) is 9.90 Å². The van der Waals surface area contributed by atoms with Gasteiger partial charge in [0.25, 0.3) is 0 Å². The fraction of sp³-hybridized carbons (Fsp3) is 0.308. The first kappa shape index (κ1) is 12.5. The van der Waals surface area contributed by atoms with Crippen molar-refractivity contribution in [2.24, 2.45) is 0 Å². The van der Waals surface area contributed by atoms with Crippen molar-refractivity contribution in [1.82, 2.24) is 0 Å². The van der Waals surface area contributed by atoms with Gasteiger partial charge in [-0.25, -0.2) is 4.79 Å². The van der Waals surface area contributed by atoms with E-state index in [1.807, 2.05) is 13.0 Å². The number of carbonyl (C=O) groups is 1. The van der Waals surface area contributed by atoms with Gasteiger partial charge >= 0.3 is 5.97 Å². The third-order valence-electron chi connectivity index (χ3n) is 2.14. The Morgan fingerprint density at radius 3 is 2.62 bits per heavy atom. The third-order valence-corrected chi connectivity index (χ3v) is 2.14. The maximum absolute atomic E-state index is 11.6. The molecule has 0 aliphatic rings. The highest BCUT2D eigenvalue weighted by molar-refractivity contribution is 5.89. The minimum absolute atomic E-state index is 0.415. The summed E-state index contributed by atoms with van der Waals surface area (Å²) < 4.78 is 5.10. The first-order chi connectivity index (χ1) is 7.63. The summed E-state index contributed by atoms with van der Waals surface area (Å²) >= 11 is 0. The van der Waals surface area contributed by atoms with Gasteiger partial charge in [0.15, 0.2) is 0 Å². The number of carbonyl (C=O) groups excluding carboxylic acids is 1. The van der Waals surface area contributed by atoms with Gasteiger partial charge in [-0.2, -0.15) is 0 Å². The Morgan fingerprint density at radius 2 is 2.06 bits per heavy atom. The van der Waals surface area contributed by atoms with Crippen molar-refractivity contribution in [2.45, 2.75) is 26.4 Å². The Hall–Kier alpha value is -1.61. The van der Waals surface area contributed by atoms with E-state index in [0.29, 0.717) is 17.7 Å². The average molecular weight is 220 g/mol. The van der Waals surface area contributed by atoms with E-state index < -0.39 is 12.1 Å². The number of hydrogen-bond acceptors (Lipinski definition) is 3. The van der Waals surface area contributed by atoms with Crippen molar-refractivity contribution in [1.29, 1.82) is 0 Å². The molecule has 3 nitrogen and oxygen atoms in total. The van der Waals surface area contributed by atoms with Crippen molar-refractivity contribution in [3.8, 4) is 5.75 Å². The van der Waals surface area contributed by atoms with Gasteiger partial charge in [0.1, 0.15) is 5.75 Å². The lowest BCUT2D eigenvalue weighted by atomic mass is 10.2. The summed E-state index contributed by atoms with van der Waals surface area (Å²) in [5.41, 5.74) is 0.415. The van der Waals surface area contributed by atoms with Crippen LogP contribution in [0.25, 0.3) is 0 Å². The van der Waals surface area contributed by atoms with Crippen LogP contribution in [-0.2, 0) is 4.79 Å². The quantitative estimate of drug-likeness (QED) is 0.481. The summed E-state index contributed by atoms with van der Waals surface area (Å²) in [6, 6.07) is 8.86. The smallest absolute Gasteiger partial charge is 0.338 e. The van der Waals surface area contributed by atoms with Crippen LogP contribution in [0.3, 0.4) is 0 Å². The van der Waals surface area contributed by atoms with Crippen LogP contribution in [-0.4, -0.2) is 17.2 Å². The number of esters is 1. The van der Waals surface area contributed by atoms with Gasteiger partial charge in [-0.15, -0.1) is 0 Å². The van der Waals surface area contributed by atoms with Gasteiger partial charge in [0.05, 0.1) is 6.10 Å². The molecule has 0 saturated carbocycles. The molecular formula is C13H16O3. The van der Waals surface area contributed by atoms with E-state index in [1.165, 1.54) is 6.08 Å². The molecule has 1 aromatic carbocycles. The van der Waals surface area contributed by atoms with Crippen LogP contribution in [0.1, 0.15) is 20.3 Å². The van der Waals surface area contributed by atoms with E-state index in [1.54, 1.807) is 31.2 Å². The van der Waals surface area contributed by atoms with Crippen molar-refractivity contribution < 1.29 is 14.6 Å². The molecule has 3 heteroatoms. The van der Waals surface area contributed by atoms with Crippen LogP contribution in [0, 0.1) is 0 Å². The monoisotopic (exact) mass is 220 g/mol. The second-order valence-electron chi connectivity index (χ2n) is 3.53. The lowest BCUT2D eigenvalue weighted by Crippen LogP contribution is -2.12. The molecule has 0 aliphatic carbocycles. The van der Waals surface area contributed by atoms with E-state index in [2.05, 4.69) is 0 Å². The molecule has 1 N–H and O–H groups in total. The number of aliphatic hydroxyl groups excluding tert-OH is 1. The van der Waals surface area contributed by atoms with Crippen molar-refractivity contribution in [3.63, 3.8) is 0 Å². The van der Waals surface area contributed by atoms with Crippen LogP contribution in [0.5, 0.6) is 5.75 Å². The fourth-order valence-electron chi connectivity index (χ4n) is 1.15.